The summed E-state index contributed by atoms with van der Waals surface area (Å²) in [5.74, 6) is 0.700. The summed E-state index contributed by atoms with van der Waals surface area (Å²) in [6.45, 7) is 9.12. The molecule has 0 saturated heterocycles. The fraction of sp³-hybridized carbons (Fsp3) is 0.938. The lowest BCUT2D eigenvalue weighted by atomic mass is 9.88. The third-order valence-electron chi connectivity index (χ3n) is 4.00. The molecule has 2 aliphatic carbocycles. The zero-order valence-electron chi connectivity index (χ0n) is 13.8. The van der Waals surface area contributed by atoms with Crippen molar-refractivity contribution in [2.45, 2.75) is 77.2 Å². The van der Waals surface area contributed by atoms with Crippen LogP contribution in [-0.4, -0.2) is 43.0 Å². The van der Waals surface area contributed by atoms with Crippen molar-refractivity contribution in [2.75, 3.05) is 13.2 Å². The van der Waals surface area contributed by atoms with Gasteiger partial charge in [-0.3, -0.25) is 0 Å². The highest BCUT2D eigenvalue weighted by molar-refractivity contribution is 5.67. The maximum absolute atomic E-state index is 11.7. The van der Waals surface area contributed by atoms with Gasteiger partial charge >= 0.3 is 6.09 Å². The quantitative estimate of drug-likeness (QED) is 0.758. The van der Waals surface area contributed by atoms with E-state index in [0.29, 0.717) is 30.7 Å². The van der Waals surface area contributed by atoms with Crippen LogP contribution in [0.15, 0.2) is 0 Å². The highest BCUT2D eigenvalue weighted by Gasteiger charge is 2.37. The number of hydrogen-bond donors (Lipinski definition) is 2. The molecule has 1 amide bonds. The number of amides is 1. The molecular formula is C16H30N2O3. The van der Waals surface area contributed by atoms with Gasteiger partial charge in [-0.25, -0.2) is 4.79 Å². The van der Waals surface area contributed by atoms with Crippen molar-refractivity contribution in [2.24, 2.45) is 5.92 Å². The monoisotopic (exact) mass is 298 g/mol. The van der Waals surface area contributed by atoms with Crippen LogP contribution in [0.2, 0.25) is 0 Å². The van der Waals surface area contributed by atoms with E-state index in [9.17, 15) is 4.79 Å². The molecule has 0 bridgehead atoms. The van der Waals surface area contributed by atoms with E-state index in [0.717, 1.165) is 19.4 Å². The first-order chi connectivity index (χ1) is 9.87. The van der Waals surface area contributed by atoms with Gasteiger partial charge in [0.05, 0.1) is 6.10 Å². The summed E-state index contributed by atoms with van der Waals surface area (Å²) in [7, 11) is 0. The largest absolute Gasteiger partial charge is 0.444 e. The Labute approximate surface area is 128 Å². The van der Waals surface area contributed by atoms with Gasteiger partial charge in [-0.05, 0) is 59.3 Å². The number of rotatable bonds is 7. The molecule has 0 aliphatic heterocycles. The van der Waals surface area contributed by atoms with Crippen molar-refractivity contribution in [3.8, 4) is 0 Å². The average molecular weight is 298 g/mol. The zero-order chi connectivity index (χ0) is 15.5. The van der Waals surface area contributed by atoms with E-state index in [1.54, 1.807) is 0 Å². The molecule has 0 aromatic carbocycles. The van der Waals surface area contributed by atoms with Gasteiger partial charge in [0.2, 0.25) is 0 Å². The van der Waals surface area contributed by atoms with Crippen LogP contribution in [0.25, 0.3) is 0 Å². The summed E-state index contributed by atoms with van der Waals surface area (Å²) in [5.41, 5.74) is -0.439. The third kappa shape index (κ3) is 5.83. The van der Waals surface area contributed by atoms with Crippen molar-refractivity contribution in [1.82, 2.24) is 10.6 Å². The van der Waals surface area contributed by atoms with E-state index in [1.807, 2.05) is 27.7 Å². The van der Waals surface area contributed by atoms with Gasteiger partial charge in [0, 0.05) is 25.2 Å². The molecule has 0 aromatic heterocycles. The second kappa shape index (κ2) is 6.97. The van der Waals surface area contributed by atoms with Crippen LogP contribution in [-0.2, 0) is 9.47 Å². The first-order valence-electron chi connectivity index (χ1n) is 8.22. The van der Waals surface area contributed by atoms with Crippen molar-refractivity contribution in [1.29, 1.82) is 0 Å². The molecule has 0 radical (unpaired) electrons. The number of hydrogen-bond acceptors (Lipinski definition) is 4. The lowest BCUT2D eigenvalue weighted by Crippen LogP contribution is -2.53. The van der Waals surface area contributed by atoms with Gasteiger partial charge in [-0.15, -0.1) is 0 Å². The Kier molecular flexibility index (Phi) is 5.49. The lowest BCUT2D eigenvalue weighted by molar-refractivity contribution is -0.0131. The molecule has 2 fully saturated rings. The van der Waals surface area contributed by atoms with Gasteiger partial charge in [-0.1, -0.05) is 0 Å². The van der Waals surface area contributed by atoms with Crippen molar-refractivity contribution >= 4 is 6.09 Å². The number of ether oxygens (including phenoxy) is 2. The van der Waals surface area contributed by atoms with Gasteiger partial charge < -0.3 is 20.1 Å². The van der Waals surface area contributed by atoms with Crippen molar-refractivity contribution in [3.63, 3.8) is 0 Å². The second-order valence-corrected chi connectivity index (χ2v) is 7.24. The molecule has 2 aliphatic rings. The summed E-state index contributed by atoms with van der Waals surface area (Å²) in [6.07, 6.45) is 4.79. The summed E-state index contributed by atoms with van der Waals surface area (Å²) in [5, 5.41) is 6.57. The summed E-state index contributed by atoms with van der Waals surface area (Å²) in [4.78, 5) is 11.7. The van der Waals surface area contributed by atoms with Gasteiger partial charge in [-0.2, -0.15) is 0 Å². The first kappa shape index (κ1) is 16.6. The number of carbonyl (C=O) groups excluding carboxylic acids is 1. The van der Waals surface area contributed by atoms with Crippen LogP contribution in [0.1, 0.15) is 53.4 Å². The molecule has 0 aromatic rings. The first-order valence-corrected chi connectivity index (χ1v) is 8.22. The van der Waals surface area contributed by atoms with Crippen LogP contribution in [0.5, 0.6) is 0 Å². The molecule has 5 nitrogen and oxygen atoms in total. The number of nitrogens with one attached hydrogen (secondary N) is 2. The molecule has 2 saturated carbocycles. The molecule has 0 heterocycles. The predicted molar refractivity (Wildman–Crippen MR) is 82.3 cm³/mol. The summed E-state index contributed by atoms with van der Waals surface area (Å²) >= 11 is 0. The molecule has 1 atom stereocenters. The van der Waals surface area contributed by atoms with Crippen LogP contribution in [0.3, 0.4) is 0 Å². The fourth-order valence-electron chi connectivity index (χ4n) is 2.74. The Morgan fingerprint density at radius 2 is 1.95 bits per heavy atom. The van der Waals surface area contributed by atoms with E-state index in [4.69, 9.17) is 9.47 Å². The SMILES string of the molecule is CCOC1CC(NC(CNC(=O)OC(C)(C)C)C2CC2)C1. The van der Waals surface area contributed by atoms with E-state index >= 15 is 0 Å². The minimum Gasteiger partial charge on any atom is -0.444 e. The Morgan fingerprint density at radius 1 is 1.29 bits per heavy atom. The zero-order valence-corrected chi connectivity index (χ0v) is 13.8. The fourth-order valence-corrected chi connectivity index (χ4v) is 2.74. The molecule has 5 heteroatoms. The Bertz CT molecular complexity index is 344. The molecule has 1 unspecified atom stereocenters. The maximum Gasteiger partial charge on any atom is 0.407 e. The Morgan fingerprint density at radius 3 is 2.48 bits per heavy atom. The molecule has 0 spiro atoms. The van der Waals surface area contributed by atoms with Crippen LogP contribution in [0, 0.1) is 5.92 Å². The highest BCUT2D eigenvalue weighted by atomic mass is 16.6. The normalized spacial score (nSPS) is 26.9. The third-order valence-corrected chi connectivity index (χ3v) is 4.00. The molecule has 2 rings (SSSR count). The summed E-state index contributed by atoms with van der Waals surface area (Å²) in [6, 6.07) is 0.901. The van der Waals surface area contributed by atoms with Crippen LogP contribution < -0.4 is 10.6 Å². The maximum atomic E-state index is 11.7. The molecule has 122 valence electrons. The van der Waals surface area contributed by atoms with E-state index < -0.39 is 5.60 Å². The van der Waals surface area contributed by atoms with Crippen LogP contribution in [0.4, 0.5) is 4.79 Å². The molecule has 21 heavy (non-hydrogen) atoms. The summed E-state index contributed by atoms with van der Waals surface area (Å²) < 4.78 is 10.9. The van der Waals surface area contributed by atoms with Gasteiger partial charge in [0.1, 0.15) is 5.60 Å². The average Bonchev–Trinajstić information content (AvgIpc) is 3.12. The minimum absolute atomic E-state index is 0.323. The molecular weight excluding hydrogens is 268 g/mol. The Hall–Kier alpha value is -0.810. The smallest absolute Gasteiger partial charge is 0.407 e. The van der Waals surface area contributed by atoms with Gasteiger partial charge in [0.25, 0.3) is 0 Å². The lowest BCUT2D eigenvalue weighted by Gasteiger charge is -2.38. The van der Waals surface area contributed by atoms with Crippen LogP contribution >= 0.6 is 0 Å². The standard InChI is InChI=1S/C16H30N2O3/c1-5-20-13-8-12(9-13)18-14(11-6-7-11)10-17-15(19)21-16(2,3)4/h11-14,18H,5-10H2,1-4H3,(H,17,19). The van der Waals surface area contributed by atoms with E-state index in [1.165, 1.54) is 12.8 Å². The van der Waals surface area contributed by atoms with Crippen molar-refractivity contribution in [3.05, 3.63) is 0 Å². The van der Waals surface area contributed by atoms with Crippen molar-refractivity contribution < 1.29 is 14.3 Å². The number of alkyl carbamates (subject to hydrolysis) is 1. The van der Waals surface area contributed by atoms with E-state index in [2.05, 4.69) is 10.6 Å². The highest BCUT2D eigenvalue weighted by Crippen LogP contribution is 2.34. The molecule has 2 N–H and O–H groups in total. The number of carbonyl (C=O) groups is 1. The van der Waals surface area contributed by atoms with E-state index in [-0.39, 0.29) is 6.09 Å². The topological polar surface area (TPSA) is 59.6 Å². The minimum atomic E-state index is -0.439. The second-order valence-electron chi connectivity index (χ2n) is 7.24. The Balaban J connectivity index is 1.67. The predicted octanol–water partition coefficient (Wildman–Crippen LogP) is 2.45. The van der Waals surface area contributed by atoms with Gasteiger partial charge in [0.15, 0.2) is 0 Å².